The van der Waals surface area contributed by atoms with Gasteiger partial charge >= 0.3 is 0 Å². The SMILES string of the molecule is O=C1CC(N(Cc2ccccc2)C(=O)Cc2ccc(Cl)cc2)C(=O)N1c1ccc(-c2nc3ccccc3o2)cc1. The standard InChI is InChI=1S/C32H24ClN3O4/c33-24-14-10-21(11-15-24)18-29(37)35(20-22-6-2-1-3-7-22)27-19-30(38)36(32(27)39)25-16-12-23(13-17-25)31-34-26-8-4-5-9-28(26)40-31/h1-17,27H,18-20H2. The molecule has 0 aliphatic carbocycles. The summed E-state index contributed by atoms with van der Waals surface area (Å²) < 4.78 is 5.84. The summed E-state index contributed by atoms with van der Waals surface area (Å²) in [5.41, 5.74) is 4.22. The van der Waals surface area contributed by atoms with Gasteiger partial charge in [0, 0.05) is 17.1 Å². The van der Waals surface area contributed by atoms with Crippen molar-refractivity contribution in [2.24, 2.45) is 0 Å². The van der Waals surface area contributed by atoms with Crippen LogP contribution in [0.25, 0.3) is 22.6 Å². The predicted molar refractivity (Wildman–Crippen MR) is 152 cm³/mol. The fourth-order valence-electron chi connectivity index (χ4n) is 4.91. The van der Waals surface area contributed by atoms with Gasteiger partial charge in [0.1, 0.15) is 11.6 Å². The van der Waals surface area contributed by atoms with E-state index in [9.17, 15) is 14.4 Å². The van der Waals surface area contributed by atoms with Crippen LogP contribution in [0.2, 0.25) is 5.02 Å². The Morgan fingerprint density at radius 1 is 0.875 bits per heavy atom. The summed E-state index contributed by atoms with van der Waals surface area (Å²) in [6.07, 6.45) is -0.00786. The van der Waals surface area contributed by atoms with Crippen molar-refractivity contribution >= 4 is 46.1 Å². The number of halogens is 1. The van der Waals surface area contributed by atoms with E-state index in [1.807, 2.05) is 54.6 Å². The number of aromatic nitrogens is 1. The first-order valence-corrected chi connectivity index (χ1v) is 13.2. The van der Waals surface area contributed by atoms with Gasteiger partial charge < -0.3 is 9.32 Å². The molecule has 1 saturated heterocycles. The fraction of sp³-hybridized carbons (Fsp3) is 0.125. The maximum Gasteiger partial charge on any atom is 0.257 e. The topological polar surface area (TPSA) is 83.7 Å². The quantitative estimate of drug-likeness (QED) is 0.231. The molecule has 1 atom stereocenters. The molecule has 198 valence electrons. The largest absolute Gasteiger partial charge is 0.436 e. The van der Waals surface area contributed by atoms with Crippen molar-refractivity contribution in [2.45, 2.75) is 25.4 Å². The maximum atomic E-state index is 13.7. The first kappa shape index (κ1) is 25.5. The number of imide groups is 1. The van der Waals surface area contributed by atoms with Crippen LogP contribution in [-0.4, -0.2) is 33.6 Å². The number of para-hydroxylation sites is 2. The highest BCUT2D eigenvalue weighted by molar-refractivity contribution is 6.30. The minimum Gasteiger partial charge on any atom is -0.436 e. The summed E-state index contributed by atoms with van der Waals surface area (Å²) in [7, 11) is 0. The molecule has 0 radical (unpaired) electrons. The molecule has 2 heterocycles. The fourth-order valence-corrected chi connectivity index (χ4v) is 5.04. The summed E-state index contributed by atoms with van der Waals surface area (Å²) in [5, 5.41) is 0.576. The number of oxazole rings is 1. The van der Waals surface area contributed by atoms with Gasteiger partial charge in [-0.2, -0.15) is 0 Å². The number of carbonyl (C=O) groups excluding carboxylic acids is 3. The highest BCUT2D eigenvalue weighted by atomic mass is 35.5. The molecule has 1 aliphatic rings. The van der Waals surface area contributed by atoms with Crippen molar-refractivity contribution in [3.63, 3.8) is 0 Å². The van der Waals surface area contributed by atoms with E-state index in [4.69, 9.17) is 16.0 Å². The van der Waals surface area contributed by atoms with Gasteiger partial charge in [-0.25, -0.2) is 9.88 Å². The molecular formula is C32H24ClN3O4. The average molecular weight is 550 g/mol. The van der Waals surface area contributed by atoms with E-state index in [1.54, 1.807) is 48.5 Å². The molecule has 7 nitrogen and oxygen atoms in total. The number of nitrogens with zero attached hydrogens (tertiary/aromatic N) is 3. The second-order valence-electron chi connectivity index (χ2n) is 9.63. The zero-order valence-corrected chi connectivity index (χ0v) is 22.1. The maximum absolute atomic E-state index is 13.7. The van der Waals surface area contributed by atoms with Gasteiger partial charge in [-0.15, -0.1) is 0 Å². The Hall–Kier alpha value is -4.75. The van der Waals surface area contributed by atoms with E-state index in [-0.39, 0.29) is 31.2 Å². The molecule has 40 heavy (non-hydrogen) atoms. The van der Waals surface area contributed by atoms with Gasteiger partial charge in [-0.05, 0) is 59.7 Å². The summed E-state index contributed by atoms with van der Waals surface area (Å²) in [4.78, 5) is 47.6. The van der Waals surface area contributed by atoms with Crippen molar-refractivity contribution in [1.82, 2.24) is 9.88 Å². The molecule has 0 N–H and O–H groups in total. The number of carbonyl (C=O) groups is 3. The van der Waals surface area contributed by atoms with Crippen molar-refractivity contribution in [2.75, 3.05) is 4.90 Å². The van der Waals surface area contributed by atoms with E-state index in [0.717, 1.165) is 27.1 Å². The first-order chi connectivity index (χ1) is 19.5. The number of benzene rings is 4. The van der Waals surface area contributed by atoms with Crippen molar-refractivity contribution in [1.29, 1.82) is 0 Å². The van der Waals surface area contributed by atoms with Gasteiger partial charge in [-0.1, -0.05) is 66.2 Å². The minimum absolute atomic E-state index is 0.0845. The summed E-state index contributed by atoms with van der Waals surface area (Å²) >= 11 is 6.00. The molecule has 1 aromatic heterocycles. The molecule has 4 aromatic carbocycles. The lowest BCUT2D eigenvalue weighted by Crippen LogP contribution is -2.45. The van der Waals surface area contributed by atoms with Crippen LogP contribution in [0.1, 0.15) is 17.5 Å². The number of hydrogen-bond acceptors (Lipinski definition) is 5. The van der Waals surface area contributed by atoms with Crippen LogP contribution < -0.4 is 4.90 Å². The van der Waals surface area contributed by atoms with Gasteiger partial charge in [0.2, 0.25) is 17.7 Å². The second kappa shape index (κ2) is 10.8. The molecule has 1 unspecified atom stereocenters. The van der Waals surface area contributed by atoms with E-state index in [0.29, 0.717) is 22.2 Å². The molecular weight excluding hydrogens is 526 g/mol. The molecule has 6 rings (SSSR count). The first-order valence-electron chi connectivity index (χ1n) is 12.9. The number of hydrogen-bond donors (Lipinski definition) is 0. The lowest BCUT2D eigenvalue weighted by atomic mass is 10.1. The molecule has 0 spiro atoms. The Morgan fingerprint density at radius 2 is 1.57 bits per heavy atom. The molecule has 1 aliphatic heterocycles. The predicted octanol–water partition coefficient (Wildman–Crippen LogP) is 6.05. The Balaban J connectivity index is 1.25. The van der Waals surface area contributed by atoms with Crippen LogP contribution in [0.3, 0.4) is 0 Å². The van der Waals surface area contributed by atoms with E-state index in [2.05, 4.69) is 4.98 Å². The lowest BCUT2D eigenvalue weighted by molar-refractivity contribution is -0.138. The van der Waals surface area contributed by atoms with Crippen LogP contribution in [0, 0.1) is 0 Å². The van der Waals surface area contributed by atoms with Gasteiger partial charge in [0.05, 0.1) is 18.5 Å². The van der Waals surface area contributed by atoms with E-state index in [1.165, 1.54) is 4.90 Å². The minimum atomic E-state index is -0.913. The third-order valence-electron chi connectivity index (χ3n) is 6.95. The molecule has 5 aromatic rings. The summed E-state index contributed by atoms with van der Waals surface area (Å²) in [6.45, 7) is 0.210. The van der Waals surface area contributed by atoms with Crippen molar-refractivity contribution < 1.29 is 18.8 Å². The van der Waals surface area contributed by atoms with Gasteiger partial charge in [0.25, 0.3) is 5.91 Å². The highest BCUT2D eigenvalue weighted by Gasteiger charge is 2.44. The number of anilines is 1. The Labute approximate surface area is 235 Å². The van der Waals surface area contributed by atoms with Gasteiger partial charge in [0.15, 0.2) is 5.58 Å². The van der Waals surface area contributed by atoms with E-state index < -0.39 is 11.9 Å². The van der Waals surface area contributed by atoms with Gasteiger partial charge in [-0.3, -0.25) is 14.4 Å². The third kappa shape index (κ3) is 5.11. The van der Waals surface area contributed by atoms with Crippen molar-refractivity contribution in [3.05, 3.63) is 119 Å². The zero-order valence-electron chi connectivity index (χ0n) is 21.4. The number of fused-ring (bicyclic) bond motifs is 1. The lowest BCUT2D eigenvalue weighted by Gasteiger charge is -2.28. The zero-order chi connectivity index (χ0) is 27.6. The van der Waals surface area contributed by atoms with E-state index >= 15 is 0 Å². The second-order valence-corrected chi connectivity index (χ2v) is 10.1. The summed E-state index contributed by atoms with van der Waals surface area (Å²) in [6, 6.07) is 29.9. The summed E-state index contributed by atoms with van der Waals surface area (Å²) in [5.74, 6) is -0.584. The molecule has 0 bridgehead atoms. The number of amides is 3. The molecule has 3 amide bonds. The smallest absolute Gasteiger partial charge is 0.257 e. The molecule has 0 saturated carbocycles. The van der Waals surface area contributed by atoms with Crippen LogP contribution in [-0.2, 0) is 27.3 Å². The molecule has 1 fully saturated rings. The van der Waals surface area contributed by atoms with Crippen LogP contribution in [0.4, 0.5) is 5.69 Å². The number of rotatable bonds is 7. The third-order valence-corrected chi connectivity index (χ3v) is 7.20. The van der Waals surface area contributed by atoms with Crippen molar-refractivity contribution in [3.8, 4) is 11.5 Å². The van der Waals surface area contributed by atoms with Crippen LogP contribution >= 0.6 is 11.6 Å². The Morgan fingerprint density at radius 3 is 2.30 bits per heavy atom. The highest BCUT2D eigenvalue weighted by Crippen LogP contribution is 2.30. The molecule has 8 heteroatoms. The van der Waals surface area contributed by atoms with Crippen LogP contribution in [0.15, 0.2) is 108 Å². The Bertz CT molecular complexity index is 1670. The average Bonchev–Trinajstić information content (AvgIpc) is 3.54. The monoisotopic (exact) mass is 549 g/mol. The normalized spacial score (nSPS) is 15.1. The Kier molecular flexibility index (Phi) is 6.88. The van der Waals surface area contributed by atoms with Crippen LogP contribution in [0.5, 0.6) is 0 Å².